The van der Waals surface area contributed by atoms with E-state index in [1.165, 1.54) is 11.8 Å². The number of carbonyl (C=O) groups excluding carboxylic acids is 1. The average molecular weight is 431 g/mol. The largest absolute Gasteiger partial charge is 0.496 e. The third kappa shape index (κ3) is 4.57. The van der Waals surface area contributed by atoms with Crippen molar-refractivity contribution in [3.63, 3.8) is 0 Å². The molecular formula is C21H23ClN4O2S. The molecule has 1 atom stereocenters. The number of nitrogens with one attached hydrogen (secondary N) is 1. The molecule has 152 valence electrons. The minimum atomic E-state index is -0.367. The summed E-state index contributed by atoms with van der Waals surface area (Å²) in [5.74, 6) is 1.32. The smallest absolute Gasteiger partial charge is 0.237 e. The van der Waals surface area contributed by atoms with E-state index >= 15 is 0 Å². The third-order valence-corrected chi connectivity index (χ3v) is 6.05. The third-order valence-electron chi connectivity index (χ3n) is 4.56. The monoisotopic (exact) mass is 430 g/mol. The highest BCUT2D eigenvalue weighted by Crippen LogP contribution is 2.32. The Kier molecular flexibility index (Phi) is 6.82. The highest BCUT2D eigenvalue weighted by atomic mass is 35.5. The van der Waals surface area contributed by atoms with Gasteiger partial charge in [-0.15, -0.1) is 10.2 Å². The predicted molar refractivity (Wildman–Crippen MR) is 118 cm³/mol. The first-order chi connectivity index (χ1) is 14.0. The number of hydrogen-bond donors (Lipinski definition) is 1. The lowest BCUT2D eigenvalue weighted by molar-refractivity contribution is -0.115. The summed E-state index contributed by atoms with van der Waals surface area (Å²) in [5.41, 5.74) is 2.42. The highest BCUT2D eigenvalue weighted by molar-refractivity contribution is 8.00. The zero-order valence-corrected chi connectivity index (χ0v) is 18.3. The van der Waals surface area contributed by atoms with Crippen LogP contribution in [0, 0.1) is 6.92 Å². The van der Waals surface area contributed by atoms with E-state index in [9.17, 15) is 4.79 Å². The van der Waals surface area contributed by atoms with Gasteiger partial charge < -0.3 is 14.6 Å². The van der Waals surface area contributed by atoms with Crippen molar-refractivity contribution in [2.45, 2.75) is 37.7 Å². The van der Waals surface area contributed by atoms with Crippen LogP contribution in [0.1, 0.15) is 19.4 Å². The van der Waals surface area contributed by atoms with Crippen LogP contribution < -0.4 is 10.1 Å². The van der Waals surface area contributed by atoms with E-state index in [-0.39, 0.29) is 11.2 Å². The molecule has 1 N–H and O–H groups in total. The number of thioether (sulfide) groups is 1. The van der Waals surface area contributed by atoms with Crippen molar-refractivity contribution in [2.24, 2.45) is 0 Å². The van der Waals surface area contributed by atoms with Crippen molar-refractivity contribution in [3.05, 3.63) is 53.1 Å². The number of benzene rings is 2. The number of methoxy groups -OCH3 is 1. The summed E-state index contributed by atoms with van der Waals surface area (Å²) in [7, 11) is 1.63. The molecule has 8 heteroatoms. The van der Waals surface area contributed by atoms with Crippen LogP contribution in [0.15, 0.2) is 47.6 Å². The molecule has 3 rings (SSSR count). The van der Waals surface area contributed by atoms with E-state index in [1.54, 1.807) is 13.2 Å². The first kappa shape index (κ1) is 21.2. The summed E-state index contributed by atoms with van der Waals surface area (Å²) in [6.45, 7) is 6.41. The minimum absolute atomic E-state index is 0.120. The van der Waals surface area contributed by atoms with Crippen molar-refractivity contribution < 1.29 is 9.53 Å². The number of halogens is 1. The number of carbonyl (C=O) groups is 1. The average Bonchev–Trinajstić information content (AvgIpc) is 3.13. The van der Waals surface area contributed by atoms with Gasteiger partial charge >= 0.3 is 0 Å². The van der Waals surface area contributed by atoms with Gasteiger partial charge in [0.05, 0.1) is 17.9 Å². The Morgan fingerprint density at radius 2 is 2.00 bits per heavy atom. The maximum absolute atomic E-state index is 12.7. The van der Waals surface area contributed by atoms with Crippen LogP contribution in [0.25, 0.3) is 11.4 Å². The summed E-state index contributed by atoms with van der Waals surface area (Å²) in [5, 5.41) is 12.5. The van der Waals surface area contributed by atoms with E-state index in [2.05, 4.69) is 15.5 Å². The van der Waals surface area contributed by atoms with Gasteiger partial charge in [-0.1, -0.05) is 41.6 Å². The molecule has 0 aliphatic rings. The molecule has 1 amide bonds. The number of nitrogens with zero attached hydrogens (tertiary/aromatic N) is 3. The fraction of sp³-hybridized carbons (Fsp3) is 0.286. The Morgan fingerprint density at radius 1 is 1.24 bits per heavy atom. The topological polar surface area (TPSA) is 69.0 Å². The maximum atomic E-state index is 12.7. The Labute approximate surface area is 179 Å². The lowest BCUT2D eigenvalue weighted by Gasteiger charge is -2.15. The summed E-state index contributed by atoms with van der Waals surface area (Å²) >= 11 is 7.51. The van der Waals surface area contributed by atoms with Gasteiger partial charge in [0.25, 0.3) is 0 Å². The van der Waals surface area contributed by atoms with Crippen LogP contribution in [0.5, 0.6) is 5.75 Å². The number of anilines is 1. The molecule has 29 heavy (non-hydrogen) atoms. The quantitative estimate of drug-likeness (QED) is 0.531. The van der Waals surface area contributed by atoms with E-state index in [0.29, 0.717) is 28.2 Å². The van der Waals surface area contributed by atoms with E-state index < -0.39 is 0 Å². The van der Waals surface area contributed by atoms with Gasteiger partial charge in [0, 0.05) is 17.3 Å². The fourth-order valence-corrected chi connectivity index (χ4v) is 3.97. The van der Waals surface area contributed by atoms with E-state index in [4.69, 9.17) is 16.3 Å². The number of ether oxygens (including phenoxy) is 1. The summed E-state index contributed by atoms with van der Waals surface area (Å²) < 4.78 is 7.44. The van der Waals surface area contributed by atoms with Gasteiger partial charge in [0.2, 0.25) is 5.91 Å². The SMILES string of the molecule is CCn1c(SC(C)C(=O)Nc2cccc(Cl)c2C)nnc1-c1ccccc1OC. The number of para-hydroxylation sites is 1. The number of aromatic nitrogens is 3. The molecule has 0 saturated heterocycles. The molecule has 2 aromatic carbocycles. The summed E-state index contributed by atoms with van der Waals surface area (Å²) in [6, 6.07) is 13.1. The zero-order valence-electron chi connectivity index (χ0n) is 16.8. The standard InChI is InChI=1S/C21H23ClN4O2S/c1-5-26-19(15-9-6-7-12-18(15)28-4)24-25-21(26)29-14(3)20(27)23-17-11-8-10-16(22)13(17)2/h6-12,14H,5H2,1-4H3,(H,23,27). The van der Waals surface area contributed by atoms with Crippen molar-refractivity contribution in [1.82, 2.24) is 14.8 Å². The van der Waals surface area contributed by atoms with Gasteiger partial charge in [-0.25, -0.2) is 0 Å². The summed E-state index contributed by atoms with van der Waals surface area (Å²) in [6.07, 6.45) is 0. The molecule has 0 aliphatic heterocycles. The van der Waals surface area contributed by atoms with Gasteiger partial charge in [0.1, 0.15) is 5.75 Å². The Bertz CT molecular complexity index is 1020. The van der Waals surface area contributed by atoms with Gasteiger partial charge in [-0.2, -0.15) is 0 Å². The normalized spacial score (nSPS) is 11.9. The Hall–Kier alpha value is -2.51. The van der Waals surface area contributed by atoms with Crippen LogP contribution in [-0.4, -0.2) is 33.0 Å². The molecule has 1 unspecified atom stereocenters. The van der Waals surface area contributed by atoms with Gasteiger partial charge in [0.15, 0.2) is 11.0 Å². The minimum Gasteiger partial charge on any atom is -0.496 e. The maximum Gasteiger partial charge on any atom is 0.237 e. The number of amides is 1. The first-order valence-corrected chi connectivity index (χ1v) is 10.5. The predicted octanol–water partition coefficient (Wildman–Crippen LogP) is 5.05. The molecule has 0 radical (unpaired) electrons. The van der Waals surface area contributed by atoms with Crippen LogP contribution in [0.3, 0.4) is 0 Å². The molecule has 1 heterocycles. The van der Waals surface area contributed by atoms with Crippen LogP contribution in [0.4, 0.5) is 5.69 Å². The lowest BCUT2D eigenvalue weighted by atomic mass is 10.2. The van der Waals surface area contributed by atoms with Crippen molar-refractivity contribution in [1.29, 1.82) is 0 Å². The molecule has 0 fully saturated rings. The molecule has 6 nitrogen and oxygen atoms in total. The second-order valence-electron chi connectivity index (χ2n) is 6.41. The molecule has 0 aliphatic carbocycles. The van der Waals surface area contributed by atoms with E-state index in [0.717, 1.165) is 16.9 Å². The van der Waals surface area contributed by atoms with E-state index in [1.807, 2.05) is 61.7 Å². The van der Waals surface area contributed by atoms with Crippen LogP contribution >= 0.6 is 23.4 Å². The van der Waals surface area contributed by atoms with Crippen molar-refractivity contribution in [3.8, 4) is 17.1 Å². The Morgan fingerprint density at radius 3 is 2.72 bits per heavy atom. The molecule has 1 aromatic heterocycles. The second-order valence-corrected chi connectivity index (χ2v) is 8.13. The van der Waals surface area contributed by atoms with Crippen molar-refractivity contribution >= 4 is 35.0 Å². The van der Waals surface area contributed by atoms with Crippen molar-refractivity contribution in [2.75, 3.05) is 12.4 Å². The number of hydrogen-bond acceptors (Lipinski definition) is 5. The molecule has 0 saturated carbocycles. The van der Waals surface area contributed by atoms with Gasteiger partial charge in [-0.3, -0.25) is 4.79 Å². The first-order valence-electron chi connectivity index (χ1n) is 9.25. The van der Waals surface area contributed by atoms with Crippen LogP contribution in [-0.2, 0) is 11.3 Å². The van der Waals surface area contributed by atoms with Gasteiger partial charge in [-0.05, 0) is 50.6 Å². The van der Waals surface area contributed by atoms with Crippen LogP contribution in [0.2, 0.25) is 5.02 Å². The lowest BCUT2D eigenvalue weighted by Crippen LogP contribution is -2.23. The molecule has 0 bridgehead atoms. The highest BCUT2D eigenvalue weighted by Gasteiger charge is 2.22. The molecule has 3 aromatic rings. The summed E-state index contributed by atoms with van der Waals surface area (Å²) in [4.78, 5) is 12.7. The Balaban J connectivity index is 1.80. The zero-order chi connectivity index (χ0) is 21.0. The number of rotatable bonds is 7. The fourth-order valence-electron chi connectivity index (χ4n) is 2.88. The molecule has 0 spiro atoms. The second kappa shape index (κ2) is 9.33. The molecular weight excluding hydrogens is 408 g/mol.